The molecular formula is C18H13N5O6. The summed E-state index contributed by atoms with van der Waals surface area (Å²) in [5.74, 6) is -0.747. The number of nitro groups is 2. The van der Waals surface area contributed by atoms with Crippen LogP contribution in [-0.4, -0.2) is 26.0 Å². The number of carbonyl (C=O) groups excluding carboxylic acids is 1. The SMILES string of the molecule is Cc1c([N+](=O)[O-])cc(C(=O)Nc2cccc(-c3ccc(=O)[nH]n3)c2)cc1[N+](=O)[O-]. The lowest BCUT2D eigenvalue weighted by molar-refractivity contribution is -0.395. The first-order valence-electron chi connectivity index (χ1n) is 8.17. The number of carbonyl (C=O) groups is 1. The normalized spacial score (nSPS) is 10.4. The van der Waals surface area contributed by atoms with Crippen molar-refractivity contribution in [2.24, 2.45) is 0 Å². The van der Waals surface area contributed by atoms with Gasteiger partial charge in [0.1, 0.15) is 5.56 Å². The summed E-state index contributed by atoms with van der Waals surface area (Å²) in [6.07, 6.45) is 0. The number of H-pyrrole nitrogens is 1. The Balaban J connectivity index is 1.94. The van der Waals surface area contributed by atoms with Gasteiger partial charge in [0, 0.05) is 29.4 Å². The lowest BCUT2D eigenvalue weighted by Crippen LogP contribution is -2.13. The summed E-state index contributed by atoms with van der Waals surface area (Å²) in [5, 5.41) is 31.1. The average Bonchev–Trinajstić information content (AvgIpc) is 2.68. The molecule has 1 aromatic heterocycles. The maximum atomic E-state index is 12.5. The highest BCUT2D eigenvalue weighted by atomic mass is 16.6. The molecule has 1 heterocycles. The Morgan fingerprint density at radius 1 is 1.03 bits per heavy atom. The summed E-state index contributed by atoms with van der Waals surface area (Å²) in [6.45, 7) is 1.25. The van der Waals surface area contributed by atoms with Crippen molar-refractivity contribution in [3.05, 3.63) is 90.2 Å². The fourth-order valence-electron chi connectivity index (χ4n) is 2.66. The van der Waals surface area contributed by atoms with Crippen LogP contribution in [0, 0.1) is 27.2 Å². The van der Waals surface area contributed by atoms with E-state index in [9.17, 15) is 29.8 Å². The summed E-state index contributed by atoms with van der Waals surface area (Å²) in [4.78, 5) is 44.5. The smallest absolute Gasteiger partial charge is 0.279 e. The van der Waals surface area contributed by atoms with Gasteiger partial charge in [0.15, 0.2) is 0 Å². The number of aromatic nitrogens is 2. The molecule has 146 valence electrons. The molecule has 1 amide bonds. The van der Waals surface area contributed by atoms with Gasteiger partial charge in [-0.25, -0.2) is 5.10 Å². The third kappa shape index (κ3) is 4.13. The molecule has 11 nitrogen and oxygen atoms in total. The van der Waals surface area contributed by atoms with Crippen LogP contribution in [0.4, 0.5) is 17.1 Å². The molecule has 0 aliphatic carbocycles. The Bertz CT molecular complexity index is 1150. The molecule has 3 rings (SSSR count). The van der Waals surface area contributed by atoms with Crippen molar-refractivity contribution in [2.75, 3.05) is 5.32 Å². The van der Waals surface area contributed by atoms with Crippen molar-refractivity contribution >= 4 is 23.0 Å². The van der Waals surface area contributed by atoms with Gasteiger partial charge < -0.3 is 5.32 Å². The van der Waals surface area contributed by atoms with E-state index in [4.69, 9.17) is 0 Å². The number of amides is 1. The van der Waals surface area contributed by atoms with Gasteiger partial charge in [0.05, 0.1) is 21.1 Å². The number of benzene rings is 2. The first-order chi connectivity index (χ1) is 13.8. The monoisotopic (exact) mass is 395 g/mol. The molecule has 11 heteroatoms. The highest BCUT2D eigenvalue weighted by molar-refractivity contribution is 6.05. The Hall–Kier alpha value is -4.41. The summed E-state index contributed by atoms with van der Waals surface area (Å²) < 4.78 is 0. The second-order valence-corrected chi connectivity index (χ2v) is 6.00. The van der Waals surface area contributed by atoms with Gasteiger partial charge in [-0.15, -0.1) is 0 Å². The molecule has 0 aliphatic rings. The second-order valence-electron chi connectivity index (χ2n) is 6.00. The van der Waals surface area contributed by atoms with Gasteiger partial charge >= 0.3 is 0 Å². The van der Waals surface area contributed by atoms with Crippen LogP contribution >= 0.6 is 0 Å². The van der Waals surface area contributed by atoms with Crippen LogP contribution in [-0.2, 0) is 0 Å². The third-order valence-corrected chi connectivity index (χ3v) is 4.10. The van der Waals surface area contributed by atoms with Crippen molar-refractivity contribution in [1.82, 2.24) is 10.2 Å². The maximum Gasteiger partial charge on any atom is 0.279 e. The van der Waals surface area contributed by atoms with Gasteiger partial charge in [-0.3, -0.25) is 29.8 Å². The topological polar surface area (TPSA) is 161 Å². The Kier molecular flexibility index (Phi) is 5.13. The summed E-state index contributed by atoms with van der Waals surface area (Å²) in [6, 6.07) is 11.3. The van der Waals surface area contributed by atoms with Crippen LogP contribution in [0.1, 0.15) is 15.9 Å². The molecule has 0 atom stereocenters. The number of nitro benzene ring substituents is 2. The van der Waals surface area contributed by atoms with E-state index in [0.29, 0.717) is 16.9 Å². The standard InChI is InChI=1S/C18H13N5O6/c1-10-15(22(26)27)8-12(9-16(10)23(28)29)18(25)19-13-4-2-3-11(7-13)14-5-6-17(24)21-20-14/h2-9H,1H3,(H,19,25)(H,21,24). The van der Waals surface area contributed by atoms with Crippen LogP contribution in [0.5, 0.6) is 0 Å². The molecule has 0 radical (unpaired) electrons. The van der Waals surface area contributed by atoms with E-state index in [1.54, 1.807) is 24.3 Å². The van der Waals surface area contributed by atoms with Gasteiger partial charge in [-0.05, 0) is 25.1 Å². The van der Waals surface area contributed by atoms with Crippen LogP contribution in [0.2, 0.25) is 0 Å². The van der Waals surface area contributed by atoms with E-state index < -0.39 is 27.1 Å². The number of rotatable bonds is 5. The van der Waals surface area contributed by atoms with Gasteiger partial charge in [-0.2, -0.15) is 5.10 Å². The lowest BCUT2D eigenvalue weighted by atomic mass is 10.1. The molecule has 0 spiro atoms. The molecule has 0 saturated heterocycles. The van der Waals surface area contributed by atoms with E-state index >= 15 is 0 Å². The molecular weight excluding hydrogens is 382 g/mol. The molecule has 0 saturated carbocycles. The molecule has 0 fully saturated rings. The maximum absolute atomic E-state index is 12.5. The van der Waals surface area contributed by atoms with Crippen molar-refractivity contribution < 1.29 is 14.6 Å². The fourth-order valence-corrected chi connectivity index (χ4v) is 2.66. The molecule has 0 unspecified atom stereocenters. The number of nitrogens with one attached hydrogen (secondary N) is 2. The summed E-state index contributed by atoms with van der Waals surface area (Å²) >= 11 is 0. The number of hydrogen-bond donors (Lipinski definition) is 2. The van der Waals surface area contributed by atoms with Crippen LogP contribution in [0.15, 0.2) is 53.3 Å². The average molecular weight is 395 g/mol. The summed E-state index contributed by atoms with van der Waals surface area (Å²) in [7, 11) is 0. The second kappa shape index (κ2) is 7.68. The van der Waals surface area contributed by atoms with E-state index in [1.165, 1.54) is 19.1 Å². The third-order valence-electron chi connectivity index (χ3n) is 4.10. The van der Waals surface area contributed by atoms with Gasteiger partial charge in [-0.1, -0.05) is 12.1 Å². The number of aromatic amines is 1. The van der Waals surface area contributed by atoms with Crippen LogP contribution in [0.3, 0.4) is 0 Å². The molecule has 3 aromatic rings. The zero-order valence-corrected chi connectivity index (χ0v) is 14.9. The van der Waals surface area contributed by atoms with Crippen LogP contribution in [0.25, 0.3) is 11.3 Å². The van der Waals surface area contributed by atoms with Crippen molar-refractivity contribution in [3.63, 3.8) is 0 Å². The molecule has 0 aliphatic heterocycles. The fraction of sp³-hybridized carbons (Fsp3) is 0.0556. The van der Waals surface area contributed by atoms with E-state index in [2.05, 4.69) is 15.5 Å². The quantitative estimate of drug-likeness (QED) is 0.496. The number of anilines is 1. The van der Waals surface area contributed by atoms with Crippen molar-refractivity contribution in [2.45, 2.75) is 6.92 Å². The molecule has 2 N–H and O–H groups in total. The highest BCUT2D eigenvalue weighted by Crippen LogP contribution is 2.30. The Morgan fingerprint density at radius 3 is 2.24 bits per heavy atom. The minimum Gasteiger partial charge on any atom is -0.322 e. The predicted octanol–water partition coefficient (Wildman–Crippen LogP) is 2.81. The van der Waals surface area contributed by atoms with E-state index in [0.717, 1.165) is 12.1 Å². The molecule has 0 bridgehead atoms. The minimum absolute atomic E-state index is 0.136. The first-order valence-corrected chi connectivity index (χ1v) is 8.17. The zero-order valence-electron chi connectivity index (χ0n) is 14.9. The Labute approximate surface area is 162 Å². The minimum atomic E-state index is -0.776. The summed E-state index contributed by atoms with van der Waals surface area (Å²) in [5.41, 5.74) is -0.357. The zero-order chi connectivity index (χ0) is 21.1. The van der Waals surface area contributed by atoms with Crippen molar-refractivity contribution in [3.8, 4) is 11.3 Å². The largest absolute Gasteiger partial charge is 0.322 e. The highest BCUT2D eigenvalue weighted by Gasteiger charge is 2.25. The lowest BCUT2D eigenvalue weighted by Gasteiger charge is -2.08. The number of hydrogen-bond acceptors (Lipinski definition) is 7. The van der Waals surface area contributed by atoms with Crippen molar-refractivity contribution in [1.29, 1.82) is 0 Å². The van der Waals surface area contributed by atoms with Gasteiger partial charge in [0.2, 0.25) is 0 Å². The molecule has 29 heavy (non-hydrogen) atoms. The predicted molar refractivity (Wildman–Crippen MR) is 103 cm³/mol. The number of nitrogens with zero attached hydrogens (tertiary/aromatic N) is 3. The molecule has 2 aromatic carbocycles. The van der Waals surface area contributed by atoms with Gasteiger partial charge in [0.25, 0.3) is 22.8 Å². The first kappa shape index (κ1) is 19.4. The van der Waals surface area contributed by atoms with E-state index in [1.807, 2.05) is 0 Å². The van der Waals surface area contributed by atoms with E-state index in [-0.39, 0.29) is 16.7 Å². The Morgan fingerprint density at radius 2 is 1.69 bits per heavy atom. The van der Waals surface area contributed by atoms with Crippen LogP contribution < -0.4 is 10.9 Å².